The van der Waals surface area contributed by atoms with Gasteiger partial charge >= 0.3 is 0 Å². The minimum Gasteiger partial charge on any atom is -0.226 e. The summed E-state index contributed by atoms with van der Waals surface area (Å²) in [5, 5.41) is 3.36. The molecular formula is C8H10ClN2S+. The maximum atomic E-state index is 5.36. The predicted molar refractivity (Wildman–Crippen MR) is 57.2 cm³/mol. The largest absolute Gasteiger partial charge is 0.226 e. The second-order valence-corrected chi connectivity index (χ2v) is 3.92. The van der Waals surface area contributed by atoms with Gasteiger partial charge < -0.3 is 0 Å². The van der Waals surface area contributed by atoms with E-state index in [4.69, 9.17) is 5.84 Å². The molecule has 0 aliphatic heterocycles. The summed E-state index contributed by atoms with van der Waals surface area (Å²) in [5.41, 5.74) is 0. The van der Waals surface area contributed by atoms with E-state index < -0.39 is 0 Å². The monoisotopic (exact) mass is 201 g/mol. The van der Waals surface area contributed by atoms with Crippen molar-refractivity contribution in [1.29, 1.82) is 0 Å². The van der Waals surface area contributed by atoms with E-state index in [-0.39, 0.29) is 23.1 Å². The van der Waals surface area contributed by atoms with Gasteiger partial charge in [-0.15, -0.1) is 12.4 Å². The number of nitrogens with two attached hydrogens (primary N) is 1. The molecule has 64 valence electrons. The Morgan fingerprint density at radius 2 is 1.92 bits per heavy atom. The number of fused-ring (bicyclic) bond motifs is 1. The van der Waals surface area contributed by atoms with Gasteiger partial charge in [0.15, 0.2) is 5.38 Å². The predicted octanol–water partition coefficient (Wildman–Crippen LogP) is 2.43. The fourth-order valence-corrected chi connectivity index (χ4v) is 2.39. The van der Waals surface area contributed by atoms with Crippen molar-refractivity contribution in [2.75, 3.05) is 4.83 Å². The van der Waals surface area contributed by atoms with E-state index >= 15 is 0 Å². The molecule has 0 aliphatic rings. The summed E-state index contributed by atoms with van der Waals surface area (Å²) in [4.78, 5) is 2.76. The molecule has 0 saturated carbocycles. The van der Waals surface area contributed by atoms with Gasteiger partial charge in [-0.1, -0.05) is 17.0 Å². The lowest BCUT2D eigenvalue weighted by atomic mass is 10.3. The van der Waals surface area contributed by atoms with Gasteiger partial charge in [0.1, 0.15) is 0 Å². The Balaban J connectivity index is 0.000000720. The Hall–Kier alpha value is -0.610. The highest BCUT2D eigenvalue weighted by molar-refractivity contribution is 7.37. The van der Waals surface area contributed by atoms with Gasteiger partial charge in [-0.25, -0.2) is 5.84 Å². The van der Waals surface area contributed by atoms with E-state index in [0.29, 0.717) is 0 Å². The number of nitrogen functional groups attached to an aromatic ring is 1. The van der Waals surface area contributed by atoms with Crippen LogP contribution in [0.3, 0.4) is 0 Å². The summed E-state index contributed by atoms with van der Waals surface area (Å²) in [6.45, 7) is 0. The van der Waals surface area contributed by atoms with Crippen molar-refractivity contribution in [2.24, 2.45) is 5.84 Å². The van der Waals surface area contributed by atoms with Gasteiger partial charge in [-0.3, -0.25) is 0 Å². The van der Waals surface area contributed by atoms with Crippen molar-refractivity contribution in [1.82, 2.24) is 0 Å². The van der Waals surface area contributed by atoms with E-state index in [0.717, 1.165) is 0 Å². The van der Waals surface area contributed by atoms with Crippen molar-refractivity contribution < 1.29 is 0 Å². The zero-order chi connectivity index (χ0) is 7.68. The maximum Gasteiger partial charge on any atom is 0.203 e. The second-order valence-electron chi connectivity index (χ2n) is 2.30. The highest BCUT2D eigenvalue weighted by Gasteiger charge is 2.08. The summed E-state index contributed by atoms with van der Waals surface area (Å²) < 4.78 is 1.29. The Morgan fingerprint density at radius 3 is 2.67 bits per heavy atom. The van der Waals surface area contributed by atoms with Crippen molar-refractivity contribution >= 4 is 33.1 Å². The number of hydrogen-bond donors (Lipinski definition) is 2. The molecule has 0 spiro atoms. The van der Waals surface area contributed by atoms with Gasteiger partial charge in [0.25, 0.3) is 0 Å². The molecular weight excluding hydrogens is 192 g/mol. The van der Waals surface area contributed by atoms with E-state index in [1.165, 1.54) is 10.1 Å². The molecule has 1 aromatic heterocycles. The average molecular weight is 202 g/mol. The number of hydrazine groups is 1. The third-order valence-corrected chi connectivity index (χ3v) is 3.17. The second kappa shape index (κ2) is 3.87. The van der Waals surface area contributed by atoms with E-state index in [1.54, 1.807) is 0 Å². The van der Waals surface area contributed by atoms with Crippen molar-refractivity contribution in [3.05, 3.63) is 35.7 Å². The highest BCUT2D eigenvalue weighted by atomic mass is 35.5. The average Bonchev–Trinajstić information content (AvgIpc) is 2.47. The minimum atomic E-state index is -0.0620. The van der Waals surface area contributed by atoms with Crippen LogP contribution in [-0.4, -0.2) is 0 Å². The molecule has 3 N–H and O–H groups in total. The number of halogens is 1. The highest BCUT2D eigenvalue weighted by Crippen LogP contribution is 2.27. The minimum absolute atomic E-state index is 0. The Labute approximate surface area is 79.9 Å². The molecule has 0 amide bonds. The van der Waals surface area contributed by atoms with Crippen LogP contribution < -0.4 is 10.7 Å². The van der Waals surface area contributed by atoms with E-state index in [2.05, 4.69) is 28.4 Å². The lowest BCUT2D eigenvalue weighted by molar-refractivity contribution is 1.49. The molecule has 0 bridgehead atoms. The lowest BCUT2D eigenvalue weighted by Gasteiger charge is -1.84. The van der Waals surface area contributed by atoms with Gasteiger partial charge in [0.05, 0.1) is 10.7 Å². The molecule has 2 rings (SSSR count). The first kappa shape index (κ1) is 9.48. The number of thiophene rings is 1. The Bertz CT molecular complexity index is 372. The SMILES string of the molecule is Cl.NN[s+]1ccc2ccccc21. The number of benzene rings is 1. The number of nitrogens with one attached hydrogen (secondary N) is 1. The molecule has 0 saturated heterocycles. The van der Waals surface area contributed by atoms with Gasteiger partial charge in [0, 0.05) is 17.5 Å². The van der Waals surface area contributed by atoms with Crippen LogP contribution in [0, 0.1) is 0 Å². The van der Waals surface area contributed by atoms with Crippen LogP contribution in [0.2, 0.25) is 0 Å². The van der Waals surface area contributed by atoms with Crippen molar-refractivity contribution in [3.63, 3.8) is 0 Å². The third-order valence-electron chi connectivity index (χ3n) is 1.67. The normalized spacial score (nSPS) is 11.2. The molecule has 1 heterocycles. The first-order valence-corrected chi connectivity index (χ1v) is 4.67. The lowest BCUT2D eigenvalue weighted by Crippen LogP contribution is -2.03. The molecule has 0 fully saturated rings. The third kappa shape index (κ3) is 1.44. The van der Waals surface area contributed by atoms with Crippen LogP contribution in [-0.2, 0) is 0 Å². The van der Waals surface area contributed by atoms with Crippen LogP contribution in [0.25, 0.3) is 10.1 Å². The summed E-state index contributed by atoms with van der Waals surface area (Å²) in [6, 6.07) is 10.3. The van der Waals surface area contributed by atoms with Gasteiger partial charge in [0.2, 0.25) is 4.70 Å². The van der Waals surface area contributed by atoms with Gasteiger partial charge in [-0.05, 0) is 6.07 Å². The zero-order valence-corrected chi connectivity index (χ0v) is 7.99. The Morgan fingerprint density at radius 1 is 1.17 bits per heavy atom. The van der Waals surface area contributed by atoms with Crippen molar-refractivity contribution in [3.8, 4) is 0 Å². The van der Waals surface area contributed by atoms with Crippen LogP contribution in [0.5, 0.6) is 0 Å². The first-order chi connectivity index (χ1) is 5.42. The fourth-order valence-electron chi connectivity index (χ4n) is 1.14. The summed E-state index contributed by atoms with van der Waals surface area (Å²) in [7, 11) is -0.0620. The standard InChI is InChI=1S/C8H9N2S.ClH/c9-10-11-6-5-7-3-1-2-4-8(7)11;/h1-6,10H,9H2;1H/q+1;. The van der Waals surface area contributed by atoms with Crippen LogP contribution in [0.15, 0.2) is 35.7 Å². The summed E-state index contributed by atoms with van der Waals surface area (Å²) >= 11 is 0. The Kier molecular flexibility index (Phi) is 3.05. The smallest absolute Gasteiger partial charge is 0.203 e. The van der Waals surface area contributed by atoms with E-state index in [9.17, 15) is 0 Å². The van der Waals surface area contributed by atoms with Crippen molar-refractivity contribution in [2.45, 2.75) is 0 Å². The number of rotatable bonds is 1. The van der Waals surface area contributed by atoms with Gasteiger partial charge in [-0.2, -0.15) is 0 Å². The molecule has 0 radical (unpaired) electrons. The molecule has 4 heteroatoms. The molecule has 1 unspecified atom stereocenters. The maximum absolute atomic E-state index is 5.36. The summed E-state index contributed by atoms with van der Waals surface area (Å²) in [6.07, 6.45) is 0. The van der Waals surface area contributed by atoms with Crippen LogP contribution in [0.1, 0.15) is 0 Å². The molecule has 1 aromatic carbocycles. The molecule has 2 nitrogen and oxygen atoms in total. The first-order valence-electron chi connectivity index (χ1n) is 3.38. The van der Waals surface area contributed by atoms with Crippen LogP contribution >= 0.6 is 23.1 Å². The quantitative estimate of drug-likeness (QED) is 0.423. The topological polar surface area (TPSA) is 38.0 Å². The molecule has 2 aromatic rings. The molecule has 12 heavy (non-hydrogen) atoms. The number of hydrogen-bond acceptors (Lipinski definition) is 2. The zero-order valence-electron chi connectivity index (χ0n) is 6.36. The van der Waals surface area contributed by atoms with E-state index in [1.807, 2.05) is 12.1 Å². The fraction of sp³-hybridized carbons (Fsp3) is 0. The summed E-state index contributed by atoms with van der Waals surface area (Å²) in [5.74, 6) is 5.36. The molecule has 1 atom stereocenters. The molecule has 0 aliphatic carbocycles. The van der Waals surface area contributed by atoms with Crippen LogP contribution in [0.4, 0.5) is 0 Å².